The molecule has 1 saturated heterocycles. The number of carbonyl (C=O) groups is 2. The van der Waals surface area contributed by atoms with E-state index in [1.807, 2.05) is 18.2 Å². The van der Waals surface area contributed by atoms with E-state index in [9.17, 15) is 14.0 Å². The van der Waals surface area contributed by atoms with Gasteiger partial charge < -0.3 is 14.5 Å². The Morgan fingerprint density at radius 1 is 1.22 bits per heavy atom. The van der Waals surface area contributed by atoms with Crippen molar-refractivity contribution in [3.05, 3.63) is 60.2 Å². The fourth-order valence-electron chi connectivity index (χ4n) is 3.04. The summed E-state index contributed by atoms with van der Waals surface area (Å²) in [7, 11) is 1.75. The van der Waals surface area contributed by atoms with Gasteiger partial charge in [0.1, 0.15) is 11.6 Å². The fourth-order valence-corrected chi connectivity index (χ4v) is 3.04. The number of hydrogen-bond donors (Lipinski definition) is 0. The Balaban J connectivity index is 1.64. The fraction of sp³-hybridized carbons (Fsp3) is 0.350. The monoisotopic (exact) mass is 371 g/mol. The number of nitrogens with zero attached hydrogens (tertiary/aromatic N) is 3. The predicted octanol–water partition coefficient (Wildman–Crippen LogP) is 1.76. The molecule has 0 bridgehead atoms. The summed E-state index contributed by atoms with van der Waals surface area (Å²) in [4.78, 5) is 32.8. The third-order valence-electron chi connectivity index (χ3n) is 4.58. The lowest BCUT2D eigenvalue weighted by molar-refractivity contribution is -0.135. The average molecular weight is 371 g/mol. The minimum Gasteiger partial charge on any atom is -0.484 e. The van der Waals surface area contributed by atoms with E-state index in [0.29, 0.717) is 31.8 Å². The van der Waals surface area contributed by atoms with Crippen LogP contribution >= 0.6 is 0 Å². The molecule has 1 aliphatic heterocycles. The molecule has 1 aliphatic rings. The van der Waals surface area contributed by atoms with Gasteiger partial charge in [-0.3, -0.25) is 14.6 Å². The Morgan fingerprint density at radius 2 is 2.00 bits per heavy atom. The van der Waals surface area contributed by atoms with Crippen molar-refractivity contribution in [3.8, 4) is 5.75 Å². The Hall–Kier alpha value is -2.96. The Bertz CT molecular complexity index is 783. The van der Waals surface area contributed by atoms with E-state index in [1.165, 1.54) is 24.3 Å². The molecule has 7 heteroatoms. The molecule has 142 valence electrons. The molecule has 0 saturated carbocycles. The molecule has 0 N–H and O–H groups in total. The van der Waals surface area contributed by atoms with Crippen molar-refractivity contribution in [3.63, 3.8) is 0 Å². The molecule has 2 aromatic rings. The first kappa shape index (κ1) is 18.8. The van der Waals surface area contributed by atoms with Crippen LogP contribution in [0.2, 0.25) is 0 Å². The van der Waals surface area contributed by atoms with Crippen molar-refractivity contribution >= 4 is 11.8 Å². The molecule has 2 amide bonds. The number of carbonyl (C=O) groups excluding carboxylic acids is 2. The van der Waals surface area contributed by atoms with E-state index in [2.05, 4.69) is 4.98 Å². The first-order valence-corrected chi connectivity index (χ1v) is 8.84. The van der Waals surface area contributed by atoms with Gasteiger partial charge in [-0.1, -0.05) is 6.07 Å². The van der Waals surface area contributed by atoms with Gasteiger partial charge in [-0.05, 0) is 36.4 Å². The van der Waals surface area contributed by atoms with Crippen LogP contribution in [0.1, 0.15) is 5.69 Å². The zero-order valence-corrected chi connectivity index (χ0v) is 15.2. The number of halogens is 1. The Morgan fingerprint density at radius 3 is 2.70 bits per heavy atom. The molecule has 6 nitrogen and oxygen atoms in total. The number of rotatable bonds is 5. The first-order valence-electron chi connectivity index (χ1n) is 8.84. The predicted molar refractivity (Wildman–Crippen MR) is 97.5 cm³/mol. The number of aromatic nitrogens is 1. The van der Waals surface area contributed by atoms with Crippen LogP contribution in [0.3, 0.4) is 0 Å². The SMILES string of the molecule is CN1CCN(C(=O)COc2ccc(F)cc2)C[C@@H](Cc2ccccn2)C1=O. The van der Waals surface area contributed by atoms with Crippen molar-refractivity contribution in [1.82, 2.24) is 14.8 Å². The summed E-state index contributed by atoms with van der Waals surface area (Å²) in [6, 6.07) is 11.1. The topological polar surface area (TPSA) is 62.7 Å². The zero-order chi connectivity index (χ0) is 19.2. The summed E-state index contributed by atoms with van der Waals surface area (Å²) < 4.78 is 18.4. The number of ether oxygens (including phenoxy) is 1. The second kappa shape index (κ2) is 8.62. The maximum Gasteiger partial charge on any atom is 0.260 e. The van der Waals surface area contributed by atoms with Crippen LogP contribution in [-0.2, 0) is 16.0 Å². The van der Waals surface area contributed by atoms with Gasteiger partial charge in [0.05, 0.1) is 5.92 Å². The molecule has 2 heterocycles. The summed E-state index contributed by atoms with van der Waals surface area (Å²) in [6.45, 7) is 1.09. The number of benzene rings is 1. The van der Waals surface area contributed by atoms with Gasteiger partial charge in [-0.2, -0.15) is 0 Å². The van der Waals surface area contributed by atoms with Gasteiger partial charge >= 0.3 is 0 Å². The largest absolute Gasteiger partial charge is 0.484 e. The molecule has 1 aromatic heterocycles. The molecule has 27 heavy (non-hydrogen) atoms. The van der Waals surface area contributed by atoms with E-state index in [-0.39, 0.29) is 30.2 Å². The van der Waals surface area contributed by atoms with E-state index in [4.69, 9.17) is 4.74 Å². The first-order chi connectivity index (χ1) is 13.0. The van der Waals surface area contributed by atoms with Gasteiger partial charge in [0.15, 0.2) is 6.61 Å². The molecule has 3 rings (SSSR count). The number of pyridine rings is 1. The maximum atomic E-state index is 12.9. The third-order valence-corrected chi connectivity index (χ3v) is 4.58. The van der Waals surface area contributed by atoms with Gasteiger partial charge in [-0.15, -0.1) is 0 Å². The lowest BCUT2D eigenvalue weighted by Gasteiger charge is -2.23. The van der Waals surface area contributed by atoms with Gasteiger partial charge in [0.2, 0.25) is 5.91 Å². The average Bonchev–Trinajstić information content (AvgIpc) is 2.82. The highest BCUT2D eigenvalue weighted by atomic mass is 19.1. The molecule has 0 unspecified atom stereocenters. The maximum absolute atomic E-state index is 12.9. The van der Waals surface area contributed by atoms with Crippen LogP contribution < -0.4 is 4.74 Å². The Kier molecular flexibility index (Phi) is 6.01. The Labute approximate surface area is 157 Å². The highest BCUT2D eigenvalue weighted by Crippen LogP contribution is 2.16. The standard InChI is InChI=1S/C20H22FN3O3/c1-23-10-11-24(19(25)14-27-18-7-5-16(21)6-8-18)13-15(20(23)26)12-17-4-2-3-9-22-17/h2-9,15H,10-14H2,1H3/t15-/m1/s1. The number of amides is 2. The molecular weight excluding hydrogens is 349 g/mol. The summed E-state index contributed by atoms with van der Waals surface area (Å²) in [5.41, 5.74) is 0.820. The van der Waals surface area contributed by atoms with Gasteiger partial charge in [0, 0.05) is 45.0 Å². The molecule has 1 aromatic carbocycles. The number of hydrogen-bond acceptors (Lipinski definition) is 4. The van der Waals surface area contributed by atoms with Crippen LogP contribution in [0.25, 0.3) is 0 Å². The lowest BCUT2D eigenvalue weighted by atomic mass is 10.0. The van der Waals surface area contributed by atoms with E-state index in [0.717, 1.165) is 5.69 Å². The highest BCUT2D eigenvalue weighted by Gasteiger charge is 2.31. The highest BCUT2D eigenvalue weighted by molar-refractivity contribution is 5.82. The second-order valence-electron chi connectivity index (χ2n) is 6.56. The third kappa shape index (κ3) is 5.03. The minimum absolute atomic E-state index is 0.00964. The van der Waals surface area contributed by atoms with Crippen molar-refractivity contribution in [2.45, 2.75) is 6.42 Å². The van der Waals surface area contributed by atoms with E-state index >= 15 is 0 Å². The van der Waals surface area contributed by atoms with Gasteiger partial charge in [0.25, 0.3) is 5.91 Å². The molecule has 0 aliphatic carbocycles. The zero-order valence-electron chi connectivity index (χ0n) is 15.2. The van der Waals surface area contributed by atoms with Crippen LogP contribution in [0.15, 0.2) is 48.7 Å². The van der Waals surface area contributed by atoms with Crippen molar-refractivity contribution in [2.24, 2.45) is 5.92 Å². The van der Waals surface area contributed by atoms with E-state index in [1.54, 1.807) is 23.0 Å². The van der Waals surface area contributed by atoms with Crippen LogP contribution in [-0.4, -0.2) is 59.9 Å². The molecule has 1 fully saturated rings. The molecule has 0 radical (unpaired) electrons. The summed E-state index contributed by atoms with van der Waals surface area (Å²) in [5.74, 6) is -0.469. The van der Waals surface area contributed by atoms with Gasteiger partial charge in [-0.25, -0.2) is 4.39 Å². The van der Waals surface area contributed by atoms with Crippen molar-refractivity contribution < 1.29 is 18.7 Å². The van der Waals surface area contributed by atoms with Crippen LogP contribution in [0.5, 0.6) is 5.75 Å². The van der Waals surface area contributed by atoms with Crippen molar-refractivity contribution in [1.29, 1.82) is 0 Å². The van der Waals surface area contributed by atoms with E-state index < -0.39 is 0 Å². The van der Waals surface area contributed by atoms with Crippen LogP contribution in [0.4, 0.5) is 4.39 Å². The molecular formula is C20H22FN3O3. The summed E-state index contributed by atoms with van der Waals surface area (Å²) in [5, 5.41) is 0. The molecule has 0 spiro atoms. The number of likely N-dealkylation sites (N-methyl/N-ethyl adjacent to an activating group) is 1. The smallest absolute Gasteiger partial charge is 0.260 e. The molecule has 1 atom stereocenters. The minimum atomic E-state index is -0.361. The lowest BCUT2D eigenvalue weighted by Crippen LogP contribution is -2.39. The quantitative estimate of drug-likeness (QED) is 0.804. The van der Waals surface area contributed by atoms with Crippen molar-refractivity contribution in [2.75, 3.05) is 33.3 Å². The summed E-state index contributed by atoms with van der Waals surface area (Å²) in [6.07, 6.45) is 2.17. The summed E-state index contributed by atoms with van der Waals surface area (Å²) >= 11 is 0. The second-order valence-corrected chi connectivity index (χ2v) is 6.56. The normalized spacial score (nSPS) is 17.6. The van der Waals surface area contributed by atoms with Crippen LogP contribution in [0, 0.1) is 11.7 Å².